The smallest absolute Gasteiger partial charge is 0.248 e. The molecular weight excluding hydrogens is 136 g/mol. The molecule has 1 rings (SSSR count). The number of halogens is 1. The van der Waals surface area contributed by atoms with E-state index in [1.165, 1.54) is 5.57 Å². The second kappa shape index (κ2) is 2.53. The van der Waals surface area contributed by atoms with Crippen molar-refractivity contribution in [2.75, 3.05) is 0 Å². The number of carbonyl (C=O) groups excluding carboxylic acids is 1. The molecule has 1 aliphatic carbocycles. The summed E-state index contributed by atoms with van der Waals surface area (Å²) in [6.07, 6.45) is 3.03. The van der Waals surface area contributed by atoms with E-state index in [1.54, 1.807) is 0 Å². The molecule has 1 aliphatic rings. The lowest BCUT2D eigenvalue weighted by Crippen LogP contribution is -1.89. The molecule has 0 heterocycles. The Balaban J connectivity index is 2.78. The maximum atomic E-state index is 10.6. The molecule has 2 heteroatoms. The Labute approximate surface area is 59.7 Å². The van der Waals surface area contributed by atoms with Crippen LogP contribution in [-0.4, -0.2) is 5.24 Å². The number of hydrogen-bond donors (Lipinski definition) is 0. The molecule has 50 valence electrons. The van der Waals surface area contributed by atoms with Crippen molar-refractivity contribution in [2.45, 2.75) is 26.2 Å². The SMILES string of the molecule is CC1=C(C(=O)Cl)CCC1. The summed E-state index contributed by atoms with van der Waals surface area (Å²) in [4.78, 5) is 10.6. The van der Waals surface area contributed by atoms with Gasteiger partial charge in [0.15, 0.2) is 0 Å². The van der Waals surface area contributed by atoms with Crippen molar-refractivity contribution in [3.05, 3.63) is 11.1 Å². The van der Waals surface area contributed by atoms with Crippen molar-refractivity contribution in [2.24, 2.45) is 0 Å². The van der Waals surface area contributed by atoms with Gasteiger partial charge in [0.25, 0.3) is 0 Å². The molecule has 9 heavy (non-hydrogen) atoms. The zero-order chi connectivity index (χ0) is 6.85. The average Bonchev–Trinajstić information content (AvgIpc) is 2.13. The highest BCUT2D eigenvalue weighted by molar-refractivity contribution is 6.67. The summed E-state index contributed by atoms with van der Waals surface area (Å²) in [6, 6.07) is 0. The van der Waals surface area contributed by atoms with Crippen LogP contribution in [-0.2, 0) is 4.79 Å². The van der Waals surface area contributed by atoms with Crippen LogP contribution in [0.15, 0.2) is 11.1 Å². The van der Waals surface area contributed by atoms with Crippen LogP contribution in [0.3, 0.4) is 0 Å². The first kappa shape index (κ1) is 6.81. The van der Waals surface area contributed by atoms with Gasteiger partial charge in [-0.25, -0.2) is 0 Å². The van der Waals surface area contributed by atoms with Crippen molar-refractivity contribution in [3.63, 3.8) is 0 Å². The predicted octanol–water partition coefficient (Wildman–Crippen LogP) is 2.25. The average molecular weight is 145 g/mol. The molecule has 0 saturated heterocycles. The zero-order valence-electron chi connectivity index (χ0n) is 5.41. The van der Waals surface area contributed by atoms with Gasteiger partial charge >= 0.3 is 0 Å². The van der Waals surface area contributed by atoms with Gasteiger partial charge in [0, 0.05) is 5.57 Å². The third kappa shape index (κ3) is 1.33. The van der Waals surface area contributed by atoms with Crippen LogP contribution in [0.5, 0.6) is 0 Å². The van der Waals surface area contributed by atoms with E-state index in [9.17, 15) is 4.79 Å². The van der Waals surface area contributed by atoms with E-state index in [1.807, 2.05) is 6.92 Å². The van der Waals surface area contributed by atoms with Gasteiger partial charge in [-0.2, -0.15) is 0 Å². The molecule has 0 aromatic heterocycles. The van der Waals surface area contributed by atoms with Gasteiger partial charge in [0.1, 0.15) is 0 Å². The zero-order valence-corrected chi connectivity index (χ0v) is 6.16. The summed E-state index contributed by atoms with van der Waals surface area (Å²) in [7, 11) is 0. The quantitative estimate of drug-likeness (QED) is 0.516. The molecule has 0 saturated carbocycles. The first-order valence-corrected chi connectivity index (χ1v) is 3.48. The second-order valence-electron chi connectivity index (χ2n) is 2.39. The Bertz CT molecular complexity index is 170. The summed E-state index contributed by atoms with van der Waals surface area (Å²) in [6.45, 7) is 1.97. The second-order valence-corrected chi connectivity index (χ2v) is 2.73. The molecule has 1 nitrogen and oxygen atoms in total. The molecule has 0 spiro atoms. The maximum absolute atomic E-state index is 10.6. The van der Waals surface area contributed by atoms with Crippen LogP contribution < -0.4 is 0 Å². The van der Waals surface area contributed by atoms with Crippen LogP contribution in [0.25, 0.3) is 0 Å². The minimum atomic E-state index is -0.259. The van der Waals surface area contributed by atoms with Crippen LogP contribution in [0.2, 0.25) is 0 Å². The van der Waals surface area contributed by atoms with Gasteiger partial charge in [-0.3, -0.25) is 4.79 Å². The van der Waals surface area contributed by atoms with Gasteiger partial charge in [0.2, 0.25) is 5.24 Å². The minimum Gasteiger partial charge on any atom is -0.276 e. The minimum absolute atomic E-state index is 0.259. The summed E-state index contributed by atoms with van der Waals surface area (Å²) < 4.78 is 0. The van der Waals surface area contributed by atoms with E-state index >= 15 is 0 Å². The third-order valence-electron chi connectivity index (χ3n) is 1.73. The van der Waals surface area contributed by atoms with Crippen LogP contribution in [0, 0.1) is 0 Å². The largest absolute Gasteiger partial charge is 0.276 e. The van der Waals surface area contributed by atoms with Crippen LogP contribution >= 0.6 is 11.6 Å². The number of allylic oxidation sites excluding steroid dienone is 2. The summed E-state index contributed by atoms with van der Waals surface area (Å²) >= 11 is 5.28. The summed E-state index contributed by atoms with van der Waals surface area (Å²) in [5.74, 6) is 0. The number of rotatable bonds is 1. The highest BCUT2D eigenvalue weighted by Gasteiger charge is 2.15. The Morgan fingerprint density at radius 2 is 2.22 bits per heavy atom. The van der Waals surface area contributed by atoms with E-state index in [-0.39, 0.29) is 5.24 Å². The Hall–Kier alpha value is -0.300. The van der Waals surface area contributed by atoms with Gasteiger partial charge in [0.05, 0.1) is 0 Å². The first-order valence-electron chi connectivity index (χ1n) is 3.10. The van der Waals surface area contributed by atoms with E-state index in [4.69, 9.17) is 11.6 Å². The molecule has 0 atom stereocenters. The highest BCUT2D eigenvalue weighted by Crippen LogP contribution is 2.26. The maximum Gasteiger partial charge on any atom is 0.248 e. The molecule has 0 aliphatic heterocycles. The topological polar surface area (TPSA) is 17.1 Å². The van der Waals surface area contributed by atoms with E-state index in [2.05, 4.69) is 0 Å². The molecule has 0 N–H and O–H groups in total. The van der Waals surface area contributed by atoms with E-state index in [0.29, 0.717) is 0 Å². The fourth-order valence-corrected chi connectivity index (χ4v) is 1.42. The molecule has 0 aromatic rings. The molecule has 0 amide bonds. The normalized spacial score (nSPS) is 18.9. The summed E-state index contributed by atoms with van der Waals surface area (Å²) in [5, 5.41) is -0.259. The molecular formula is C7H9ClO. The Morgan fingerprint density at radius 3 is 2.44 bits per heavy atom. The fourth-order valence-electron chi connectivity index (χ4n) is 1.16. The van der Waals surface area contributed by atoms with Gasteiger partial charge in [-0.1, -0.05) is 5.57 Å². The lowest BCUT2D eigenvalue weighted by molar-refractivity contribution is -0.108. The van der Waals surface area contributed by atoms with Gasteiger partial charge in [-0.15, -0.1) is 0 Å². The van der Waals surface area contributed by atoms with Crippen LogP contribution in [0.1, 0.15) is 26.2 Å². The van der Waals surface area contributed by atoms with Crippen molar-refractivity contribution in [1.29, 1.82) is 0 Å². The monoisotopic (exact) mass is 144 g/mol. The first-order chi connectivity index (χ1) is 4.22. The standard InChI is InChI=1S/C7H9ClO/c1-5-3-2-4-6(5)7(8)9/h2-4H2,1H3. The summed E-state index contributed by atoms with van der Waals surface area (Å²) in [5.41, 5.74) is 2.02. The lowest BCUT2D eigenvalue weighted by Gasteiger charge is -1.91. The van der Waals surface area contributed by atoms with Crippen molar-refractivity contribution < 1.29 is 4.79 Å². The molecule has 0 aromatic carbocycles. The Kier molecular flexibility index (Phi) is 1.91. The Morgan fingerprint density at radius 1 is 1.56 bits per heavy atom. The molecule has 0 radical (unpaired) electrons. The predicted molar refractivity (Wildman–Crippen MR) is 37.4 cm³/mol. The fraction of sp³-hybridized carbons (Fsp3) is 0.571. The lowest BCUT2D eigenvalue weighted by atomic mass is 10.2. The molecule has 0 bridgehead atoms. The number of carbonyl (C=O) groups is 1. The third-order valence-corrected chi connectivity index (χ3v) is 1.96. The van der Waals surface area contributed by atoms with Gasteiger partial charge in [-0.05, 0) is 37.8 Å². The van der Waals surface area contributed by atoms with Crippen molar-refractivity contribution in [3.8, 4) is 0 Å². The van der Waals surface area contributed by atoms with Gasteiger partial charge < -0.3 is 0 Å². The number of hydrogen-bond acceptors (Lipinski definition) is 1. The highest BCUT2D eigenvalue weighted by atomic mass is 35.5. The van der Waals surface area contributed by atoms with Crippen LogP contribution in [0.4, 0.5) is 0 Å². The van der Waals surface area contributed by atoms with E-state index in [0.717, 1.165) is 24.8 Å². The molecule has 0 unspecified atom stereocenters. The van der Waals surface area contributed by atoms with E-state index < -0.39 is 0 Å². The molecule has 0 fully saturated rings. The van der Waals surface area contributed by atoms with Crippen molar-refractivity contribution >= 4 is 16.8 Å². The van der Waals surface area contributed by atoms with Crippen molar-refractivity contribution in [1.82, 2.24) is 0 Å².